The van der Waals surface area contributed by atoms with Crippen molar-refractivity contribution in [2.75, 3.05) is 7.05 Å². The zero-order valence-corrected chi connectivity index (χ0v) is 13.0. The molecule has 0 amide bonds. The van der Waals surface area contributed by atoms with Gasteiger partial charge in [-0.25, -0.2) is 0 Å². The van der Waals surface area contributed by atoms with Crippen molar-refractivity contribution >= 4 is 11.6 Å². The Morgan fingerprint density at radius 1 is 1.00 bits per heavy atom. The summed E-state index contributed by atoms with van der Waals surface area (Å²) in [5.74, 6) is 1.15. The molecule has 1 aromatic heterocycles. The summed E-state index contributed by atoms with van der Waals surface area (Å²) in [5.41, 5.74) is 2.08. The number of aromatic nitrogens is 2. The predicted octanol–water partition coefficient (Wildman–Crippen LogP) is 4.02. The largest absolute Gasteiger partial charge is 0.419 e. The molecule has 4 nitrogen and oxygen atoms in total. The van der Waals surface area contributed by atoms with E-state index in [-0.39, 0.29) is 0 Å². The highest BCUT2D eigenvalue weighted by atomic mass is 35.5. The van der Waals surface area contributed by atoms with Gasteiger partial charge in [-0.15, -0.1) is 10.2 Å². The molecule has 0 unspecified atom stereocenters. The molecule has 112 valence electrons. The van der Waals surface area contributed by atoms with E-state index in [0.29, 0.717) is 18.3 Å². The Labute approximate surface area is 134 Å². The predicted molar refractivity (Wildman–Crippen MR) is 86.4 cm³/mol. The summed E-state index contributed by atoms with van der Waals surface area (Å²) in [4.78, 5) is 2.11. The van der Waals surface area contributed by atoms with Crippen molar-refractivity contribution in [2.45, 2.75) is 13.1 Å². The van der Waals surface area contributed by atoms with Gasteiger partial charge in [-0.3, -0.25) is 4.90 Å². The van der Waals surface area contributed by atoms with Gasteiger partial charge >= 0.3 is 0 Å². The van der Waals surface area contributed by atoms with Crippen molar-refractivity contribution in [2.24, 2.45) is 0 Å². The number of nitrogens with zero attached hydrogens (tertiary/aromatic N) is 3. The second-order valence-corrected chi connectivity index (χ2v) is 5.61. The van der Waals surface area contributed by atoms with Gasteiger partial charge in [0.15, 0.2) is 0 Å². The van der Waals surface area contributed by atoms with Gasteiger partial charge in [0.2, 0.25) is 11.8 Å². The molecule has 3 aromatic rings. The van der Waals surface area contributed by atoms with Crippen LogP contribution >= 0.6 is 11.6 Å². The summed E-state index contributed by atoms with van der Waals surface area (Å²) in [5, 5.41) is 8.95. The normalized spacial score (nSPS) is 11.0. The maximum atomic E-state index is 6.00. The highest BCUT2D eigenvalue weighted by Gasteiger charge is 2.10. The first kappa shape index (κ1) is 14.8. The topological polar surface area (TPSA) is 42.2 Å². The fourth-order valence-electron chi connectivity index (χ4n) is 2.25. The lowest BCUT2D eigenvalue weighted by atomic mass is 10.2. The molecule has 3 rings (SSSR count). The third-order valence-corrected chi connectivity index (χ3v) is 3.47. The molecule has 0 atom stereocenters. The van der Waals surface area contributed by atoms with E-state index >= 15 is 0 Å². The third kappa shape index (κ3) is 3.72. The molecule has 0 aliphatic carbocycles. The van der Waals surface area contributed by atoms with Crippen LogP contribution in [0.5, 0.6) is 0 Å². The Hall–Kier alpha value is -2.17. The van der Waals surface area contributed by atoms with Crippen molar-refractivity contribution in [1.82, 2.24) is 15.1 Å². The van der Waals surface area contributed by atoms with Gasteiger partial charge in [0, 0.05) is 17.1 Å². The average Bonchev–Trinajstić information content (AvgIpc) is 2.96. The summed E-state index contributed by atoms with van der Waals surface area (Å²) in [7, 11) is 2.01. The minimum absolute atomic E-state index is 0.548. The van der Waals surface area contributed by atoms with Crippen molar-refractivity contribution in [3.05, 3.63) is 71.1 Å². The van der Waals surface area contributed by atoms with Crippen molar-refractivity contribution < 1.29 is 4.42 Å². The van der Waals surface area contributed by atoms with Gasteiger partial charge in [-0.2, -0.15) is 0 Å². The van der Waals surface area contributed by atoms with E-state index < -0.39 is 0 Å². The van der Waals surface area contributed by atoms with Crippen LogP contribution in [-0.4, -0.2) is 22.1 Å². The minimum atomic E-state index is 0.548. The number of hydrogen-bond acceptors (Lipinski definition) is 4. The fourth-order valence-corrected chi connectivity index (χ4v) is 2.46. The van der Waals surface area contributed by atoms with Gasteiger partial charge in [0.1, 0.15) is 0 Å². The molecule has 0 radical (unpaired) electrons. The number of rotatable bonds is 5. The molecule has 0 saturated heterocycles. The van der Waals surface area contributed by atoms with Crippen LogP contribution in [0.1, 0.15) is 11.5 Å². The van der Waals surface area contributed by atoms with Crippen LogP contribution < -0.4 is 0 Å². The molecule has 1 heterocycles. The van der Waals surface area contributed by atoms with Crippen LogP contribution in [0.2, 0.25) is 5.02 Å². The molecule has 0 aliphatic heterocycles. The summed E-state index contributed by atoms with van der Waals surface area (Å²) in [6, 6.07) is 17.6. The number of benzene rings is 2. The number of hydrogen-bond donors (Lipinski definition) is 0. The standard InChI is InChI=1S/C17H16ClN3O/c1-21(11-13-6-5-9-15(18)10-13)12-16-19-20-17(22-16)14-7-3-2-4-8-14/h2-10H,11-12H2,1H3. The maximum Gasteiger partial charge on any atom is 0.247 e. The maximum absolute atomic E-state index is 6.00. The first-order valence-corrected chi connectivity index (χ1v) is 7.39. The minimum Gasteiger partial charge on any atom is -0.419 e. The average molecular weight is 314 g/mol. The Bertz CT molecular complexity index is 742. The second-order valence-electron chi connectivity index (χ2n) is 5.17. The van der Waals surface area contributed by atoms with Crippen molar-refractivity contribution in [1.29, 1.82) is 0 Å². The van der Waals surface area contributed by atoms with E-state index in [0.717, 1.165) is 22.7 Å². The molecule has 0 spiro atoms. The molecule has 5 heteroatoms. The Morgan fingerprint density at radius 3 is 2.59 bits per heavy atom. The van der Waals surface area contributed by atoms with Gasteiger partial charge in [-0.1, -0.05) is 41.9 Å². The molecule has 0 saturated carbocycles. The molecular weight excluding hydrogens is 298 g/mol. The van der Waals surface area contributed by atoms with E-state index in [1.165, 1.54) is 0 Å². The monoisotopic (exact) mass is 313 g/mol. The zero-order chi connectivity index (χ0) is 15.4. The molecular formula is C17H16ClN3O. The SMILES string of the molecule is CN(Cc1cccc(Cl)c1)Cc1nnc(-c2ccccc2)o1. The molecule has 0 aliphatic rings. The van der Waals surface area contributed by atoms with Crippen LogP contribution in [0.4, 0.5) is 0 Å². The highest BCUT2D eigenvalue weighted by Crippen LogP contribution is 2.18. The fraction of sp³-hybridized carbons (Fsp3) is 0.176. The highest BCUT2D eigenvalue weighted by molar-refractivity contribution is 6.30. The molecule has 0 fully saturated rings. The Kier molecular flexibility index (Phi) is 4.51. The lowest BCUT2D eigenvalue weighted by Crippen LogP contribution is -2.17. The quantitative estimate of drug-likeness (QED) is 0.713. The van der Waals surface area contributed by atoms with Gasteiger partial charge < -0.3 is 4.42 Å². The van der Waals surface area contributed by atoms with Crippen LogP contribution in [0, 0.1) is 0 Å². The van der Waals surface area contributed by atoms with Crippen molar-refractivity contribution in [3.63, 3.8) is 0 Å². The van der Waals surface area contributed by atoms with E-state index in [2.05, 4.69) is 15.1 Å². The third-order valence-electron chi connectivity index (χ3n) is 3.23. The van der Waals surface area contributed by atoms with Crippen LogP contribution in [0.25, 0.3) is 11.5 Å². The van der Waals surface area contributed by atoms with Crippen LogP contribution in [0.3, 0.4) is 0 Å². The smallest absolute Gasteiger partial charge is 0.247 e. The molecule has 22 heavy (non-hydrogen) atoms. The Morgan fingerprint density at radius 2 is 1.82 bits per heavy atom. The van der Waals surface area contributed by atoms with E-state index in [9.17, 15) is 0 Å². The summed E-state index contributed by atoms with van der Waals surface area (Å²) >= 11 is 6.00. The summed E-state index contributed by atoms with van der Waals surface area (Å²) in [6.45, 7) is 1.36. The summed E-state index contributed by atoms with van der Waals surface area (Å²) in [6.07, 6.45) is 0. The Balaban J connectivity index is 1.65. The first-order chi connectivity index (χ1) is 10.7. The van der Waals surface area contributed by atoms with Crippen LogP contribution in [-0.2, 0) is 13.1 Å². The molecule has 0 N–H and O–H groups in total. The lowest BCUT2D eigenvalue weighted by Gasteiger charge is -2.14. The van der Waals surface area contributed by atoms with Crippen molar-refractivity contribution in [3.8, 4) is 11.5 Å². The zero-order valence-electron chi connectivity index (χ0n) is 12.2. The van der Waals surface area contributed by atoms with E-state index in [1.54, 1.807) is 0 Å². The number of halogens is 1. The van der Waals surface area contributed by atoms with E-state index in [1.807, 2.05) is 61.6 Å². The molecule has 0 bridgehead atoms. The van der Waals surface area contributed by atoms with Gasteiger partial charge in [0.25, 0.3) is 0 Å². The first-order valence-electron chi connectivity index (χ1n) is 7.01. The van der Waals surface area contributed by atoms with Gasteiger partial charge in [0.05, 0.1) is 6.54 Å². The second kappa shape index (κ2) is 6.73. The lowest BCUT2D eigenvalue weighted by molar-refractivity contribution is 0.283. The molecule has 2 aromatic carbocycles. The van der Waals surface area contributed by atoms with Crippen LogP contribution in [0.15, 0.2) is 59.0 Å². The summed E-state index contributed by atoms with van der Waals surface area (Å²) < 4.78 is 5.71. The van der Waals surface area contributed by atoms with E-state index in [4.69, 9.17) is 16.0 Å². The van der Waals surface area contributed by atoms with Gasteiger partial charge in [-0.05, 0) is 36.9 Å².